The van der Waals surface area contributed by atoms with Gasteiger partial charge in [0.2, 0.25) is 0 Å². The standard InChI is InChI=1S/C10H7Cl2NO4/c11-10(12)7(8(10)9(14)15)5-1-3-6(4-2-5)13(16)17/h1-4,7-8H,(H-,14,15,16,17)/p+1. The van der Waals surface area contributed by atoms with E-state index in [0.717, 1.165) is 0 Å². The number of hydrogen-bond acceptors (Lipinski definition) is 2. The van der Waals surface area contributed by atoms with Crippen LogP contribution in [-0.2, 0) is 4.79 Å². The molecule has 90 valence electrons. The Morgan fingerprint density at radius 3 is 2.18 bits per heavy atom. The topological polar surface area (TPSA) is 77.6 Å². The van der Waals surface area contributed by atoms with Gasteiger partial charge in [-0.05, 0) is 5.56 Å². The van der Waals surface area contributed by atoms with Crippen molar-refractivity contribution in [1.29, 1.82) is 0 Å². The van der Waals surface area contributed by atoms with Crippen molar-refractivity contribution in [2.24, 2.45) is 5.92 Å². The number of carboxylic acid groups (broad SMARTS) is 1. The second-order valence-electron chi connectivity index (χ2n) is 3.83. The van der Waals surface area contributed by atoms with Crippen LogP contribution < -0.4 is 0 Å². The van der Waals surface area contributed by atoms with E-state index >= 15 is 0 Å². The lowest BCUT2D eigenvalue weighted by Crippen LogP contribution is -2.03. The molecule has 1 aromatic carbocycles. The lowest BCUT2D eigenvalue weighted by atomic mass is 10.1. The van der Waals surface area contributed by atoms with Crippen LogP contribution in [0.5, 0.6) is 0 Å². The molecule has 0 aliphatic heterocycles. The Kier molecular flexibility index (Phi) is 2.75. The maximum atomic E-state index is 10.9. The third-order valence-electron chi connectivity index (χ3n) is 2.79. The molecule has 0 saturated heterocycles. The number of aliphatic carboxylic acids is 1. The number of carboxylic acids is 1. The van der Waals surface area contributed by atoms with Crippen molar-refractivity contribution in [1.82, 2.24) is 0 Å². The van der Waals surface area contributed by atoms with E-state index in [4.69, 9.17) is 33.5 Å². The first kappa shape index (κ1) is 12.1. The third-order valence-corrected chi connectivity index (χ3v) is 3.73. The van der Waals surface area contributed by atoms with Gasteiger partial charge in [0.1, 0.15) is 4.33 Å². The van der Waals surface area contributed by atoms with Gasteiger partial charge in [0, 0.05) is 18.1 Å². The van der Waals surface area contributed by atoms with Crippen LogP contribution in [0.4, 0.5) is 5.69 Å². The first-order chi connectivity index (χ1) is 7.85. The first-order valence-electron chi connectivity index (χ1n) is 4.72. The zero-order valence-corrected chi connectivity index (χ0v) is 9.89. The van der Waals surface area contributed by atoms with E-state index in [1.54, 1.807) is 0 Å². The highest BCUT2D eigenvalue weighted by Crippen LogP contribution is 2.64. The van der Waals surface area contributed by atoms with Crippen LogP contribution in [0.15, 0.2) is 24.3 Å². The zero-order chi connectivity index (χ0) is 12.8. The summed E-state index contributed by atoms with van der Waals surface area (Å²) in [6.07, 6.45) is 0. The zero-order valence-electron chi connectivity index (χ0n) is 8.38. The van der Waals surface area contributed by atoms with E-state index < -0.39 is 22.1 Å². The van der Waals surface area contributed by atoms with Gasteiger partial charge in [0.05, 0.1) is 10.8 Å². The molecule has 2 atom stereocenters. The fourth-order valence-corrected chi connectivity index (χ4v) is 2.67. The van der Waals surface area contributed by atoms with E-state index in [2.05, 4.69) is 0 Å². The van der Waals surface area contributed by atoms with Crippen LogP contribution in [-0.4, -0.2) is 25.5 Å². The number of halogens is 2. The Balaban J connectivity index is 2.26. The molecule has 1 saturated carbocycles. The summed E-state index contributed by atoms with van der Waals surface area (Å²) in [4.78, 5) is 21.2. The van der Waals surface area contributed by atoms with E-state index in [1.807, 2.05) is 0 Å². The average molecular weight is 277 g/mol. The van der Waals surface area contributed by atoms with Gasteiger partial charge in [0.15, 0.2) is 0 Å². The molecule has 17 heavy (non-hydrogen) atoms. The lowest BCUT2D eigenvalue weighted by Gasteiger charge is -1.98. The van der Waals surface area contributed by atoms with Crippen LogP contribution in [0.2, 0.25) is 0 Å². The molecule has 2 N–H and O–H groups in total. The Bertz CT molecular complexity index is 486. The normalized spacial score (nSPS) is 25.3. The van der Waals surface area contributed by atoms with Crippen molar-refractivity contribution >= 4 is 34.9 Å². The molecule has 0 amide bonds. The van der Waals surface area contributed by atoms with E-state index in [1.165, 1.54) is 24.3 Å². The van der Waals surface area contributed by atoms with Crippen molar-refractivity contribution < 1.29 is 20.0 Å². The summed E-state index contributed by atoms with van der Waals surface area (Å²) in [5, 5.41) is 17.5. The highest BCUT2D eigenvalue weighted by atomic mass is 35.5. The molecular weight excluding hydrogens is 269 g/mol. The molecule has 0 spiro atoms. The monoisotopic (exact) mass is 276 g/mol. The number of benzene rings is 1. The largest absolute Gasteiger partial charge is 0.481 e. The van der Waals surface area contributed by atoms with Gasteiger partial charge in [-0.15, -0.1) is 0 Å². The van der Waals surface area contributed by atoms with Gasteiger partial charge in [-0.3, -0.25) is 4.79 Å². The summed E-state index contributed by atoms with van der Waals surface area (Å²) in [5.41, 5.74) is 0.670. The van der Waals surface area contributed by atoms with E-state index in [0.29, 0.717) is 5.56 Å². The summed E-state index contributed by atoms with van der Waals surface area (Å²) >= 11 is 11.7. The van der Waals surface area contributed by atoms with E-state index in [9.17, 15) is 9.70 Å². The van der Waals surface area contributed by atoms with Crippen molar-refractivity contribution in [2.75, 3.05) is 0 Å². The van der Waals surface area contributed by atoms with Crippen LogP contribution in [0.1, 0.15) is 11.5 Å². The molecule has 7 heteroatoms. The fourth-order valence-electron chi connectivity index (χ4n) is 1.86. The molecular formula is C10H8Cl2NO4+. The second-order valence-corrected chi connectivity index (χ2v) is 5.28. The number of rotatable bonds is 3. The molecule has 1 aliphatic rings. The maximum Gasteiger partial charge on any atom is 0.316 e. The molecule has 1 aromatic rings. The van der Waals surface area contributed by atoms with Gasteiger partial charge in [-0.1, -0.05) is 35.3 Å². The van der Waals surface area contributed by atoms with Gasteiger partial charge < -0.3 is 5.11 Å². The van der Waals surface area contributed by atoms with Crippen molar-refractivity contribution in [2.45, 2.75) is 10.3 Å². The molecule has 5 nitrogen and oxygen atoms in total. The van der Waals surface area contributed by atoms with Crippen LogP contribution >= 0.6 is 23.2 Å². The van der Waals surface area contributed by atoms with Crippen LogP contribution in [0.3, 0.4) is 0 Å². The third kappa shape index (κ3) is 1.96. The Morgan fingerprint density at radius 1 is 1.29 bits per heavy atom. The minimum Gasteiger partial charge on any atom is -0.481 e. The summed E-state index contributed by atoms with van der Waals surface area (Å²) in [5.74, 6) is -2.41. The van der Waals surface area contributed by atoms with Gasteiger partial charge in [-0.2, -0.15) is 0 Å². The van der Waals surface area contributed by atoms with Crippen molar-refractivity contribution in [3.05, 3.63) is 34.7 Å². The van der Waals surface area contributed by atoms with Crippen LogP contribution in [0, 0.1) is 10.8 Å². The molecule has 2 rings (SSSR count). The predicted molar refractivity (Wildman–Crippen MR) is 59.8 cm³/mol. The second kappa shape index (κ2) is 3.85. The minimum absolute atomic E-state index is 0.0519. The average Bonchev–Trinajstić information content (AvgIpc) is 2.82. The van der Waals surface area contributed by atoms with Crippen molar-refractivity contribution in [3.8, 4) is 0 Å². The molecule has 1 fully saturated rings. The highest BCUT2D eigenvalue weighted by Gasteiger charge is 2.68. The molecule has 0 aromatic heterocycles. The fraction of sp³-hybridized carbons (Fsp3) is 0.300. The quantitative estimate of drug-likeness (QED) is 0.657. The van der Waals surface area contributed by atoms with Crippen LogP contribution in [0.25, 0.3) is 0 Å². The van der Waals surface area contributed by atoms with E-state index in [-0.39, 0.29) is 10.6 Å². The number of alkyl halides is 2. The highest BCUT2D eigenvalue weighted by molar-refractivity contribution is 6.53. The lowest BCUT2D eigenvalue weighted by molar-refractivity contribution is -0.729. The Morgan fingerprint density at radius 2 is 1.82 bits per heavy atom. The molecule has 0 bridgehead atoms. The predicted octanol–water partition coefficient (Wildman–Crippen LogP) is 2.46. The maximum absolute atomic E-state index is 10.9. The molecule has 2 unspecified atom stereocenters. The van der Waals surface area contributed by atoms with Gasteiger partial charge in [-0.25, -0.2) is 5.21 Å². The van der Waals surface area contributed by atoms with Gasteiger partial charge in [0.25, 0.3) is 4.92 Å². The number of carbonyl (C=O) groups is 1. The summed E-state index contributed by atoms with van der Waals surface area (Å²) in [7, 11) is 0. The number of hydrogen-bond donors (Lipinski definition) is 2. The Hall–Kier alpha value is -1.33. The first-order valence-corrected chi connectivity index (χ1v) is 5.48. The summed E-state index contributed by atoms with van der Waals surface area (Å²) in [6, 6.07) is 5.76. The smallest absolute Gasteiger partial charge is 0.316 e. The minimum atomic E-state index is -1.32. The molecule has 0 radical (unpaired) electrons. The van der Waals surface area contributed by atoms with Crippen molar-refractivity contribution in [3.63, 3.8) is 0 Å². The molecule has 0 heterocycles. The molecule has 1 aliphatic carbocycles. The summed E-state index contributed by atoms with van der Waals surface area (Å²) in [6.45, 7) is 0. The number of nitrogens with zero attached hydrogens (tertiary/aromatic N) is 1. The SMILES string of the molecule is O=C(O)C1C(c2ccc([N+](=O)O)cc2)C1(Cl)Cl. The Labute approximate surface area is 106 Å². The summed E-state index contributed by atoms with van der Waals surface area (Å²) < 4.78 is -1.32. The van der Waals surface area contributed by atoms with Gasteiger partial charge >= 0.3 is 11.7 Å².